The number of carbonyl (C=O) groups is 4. The second-order valence-corrected chi connectivity index (χ2v) is 9.80. The van der Waals surface area contributed by atoms with Crippen molar-refractivity contribution in [1.82, 2.24) is 0 Å². The van der Waals surface area contributed by atoms with E-state index in [9.17, 15) is 29.4 Å². The molecule has 2 unspecified atom stereocenters. The number of aliphatic carboxylic acids is 2. The molecule has 196 valence electrons. The lowest BCUT2D eigenvalue weighted by Crippen LogP contribution is -2.36. The number of anilines is 2. The predicted molar refractivity (Wildman–Crippen MR) is 136 cm³/mol. The lowest BCUT2D eigenvalue weighted by atomic mass is 9.78. The van der Waals surface area contributed by atoms with Gasteiger partial charge >= 0.3 is 11.9 Å². The minimum absolute atomic E-state index is 0.277. The summed E-state index contributed by atoms with van der Waals surface area (Å²) in [5.74, 6) is -3.67. The van der Waals surface area contributed by atoms with Crippen LogP contribution in [-0.4, -0.2) is 34.0 Å². The van der Waals surface area contributed by atoms with Crippen LogP contribution in [0.3, 0.4) is 0 Å². The Morgan fingerprint density at radius 2 is 0.892 bits per heavy atom. The lowest BCUT2D eigenvalue weighted by molar-refractivity contribution is -0.148. The maximum atomic E-state index is 12.7. The number of carboxylic acids is 2. The molecule has 2 aliphatic carbocycles. The average molecular weight is 509 g/mol. The van der Waals surface area contributed by atoms with Gasteiger partial charge in [0.2, 0.25) is 11.8 Å². The standard InChI is InChI=1S/C28H32N2O7/c31-25(21-5-1-3-7-23(21)27(33)34)29-17-9-13-19(14-10-17)37-20-15-11-18(12-16-20)30-26(32)22-6-2-4-8-24(22)28(35)36/h9-16,21-24H,1-8H2,(H,29,31)(H,30,32)(H,33,34)(H,35,36)/t21?,22?,23-,24-/m1/s1. The van der Waals surface area contributed by atoms with Crippen LogP contribution in [0.15, 0.2) is 48.5 Å². The molecule has 4 atom stereocenters. The molecule has 37 heavy (non-hydrogen) atoms. The van der Waals surface area contributed by atoms with Gasteiger partial charge in [-0.05, 0) is 74.2 Å². The Kier molecular flexibility index (Phi) is 8.43. The van der Waals surface area contributed by atoms with Gasteiger partial charge in [-0.15, -0.1) is 0 Å². The number of rotatable bonds is 8. The number of nitrogens with one attached hydrogen (secondary N) is 2. The second kappa shape index (κ2) is 11.9. The molecule has 2 saturated carbocycles. The molecular weight excluding hydrogens is 476 g/mol. The zero-order valence-corrected chi connectivity index (χ0v) is 20.5. The Hall–Kier alpha value is -3.88. The van der Waals surface area contributed by atoms with Gasteiger partial charge < -0.3 is 25.6 Å². The highest BCUT2D eigenvalue weighted by molar-refractivity contribution is 5.96. The summed E-state index contributed by atoms with van der Waals surface area (Å²) in [4.78, 5) is 48.3. The SMILES string of the molecule is O=C(Nc1ccc(Oc2ccc(NC(=O)C3CCCC[C@H]3C(=O)O)cc2)cc1)C1CCCC[C@H]1C(=O)O. The quantitative estimate of drug-likeness (QED) is 0.387. The number of hydrogen-bond acceptors (Lipinski definition) is 5. The fraction of sp³-hybridized carbons (Fsp3) is 0.429. The molecule has 4 rings (SSSR count). The summed E-state index contributed by atoms with van der Waals surface area (Å²) in [5.41, 5.74) is 1.13. The summed E-state index contributed by atoms with van der Waals surface area (Å²) < 4.78 is 5.85. The Labute approximate surface area is 215 Å². The van der Waals surface area contributed by atoms with Crippen molar-refractivity contribution in [2.75, 3.05) is 10.6 Å². The lowest BCUT2D eigenvalue weighted by Gasteiger charge is -2.27. The fourth-order valence-corrected chi connectivity index (χ4v) is 5.30. The van der Waals surface area contributed by atoms with Crippen LogP contribution in [-0.2, 0) is 19.2 Å². The van der Waals surface area contributed by atoms with Crippen LogP contribution < -0.4 is 15.4 Å². The zero-order valence-electron chi connectivity index (χ0n) is 20.5. The Bertz CT molecular complexity index is 1040. The highest BCUT2D eigenvalue weighted by Gasteiger charge is 2.36. The number of carboxylic acid groups (broad SMARTS) is 2. The fourth-order valence-electron chi connectivity index (χ4n) is 5.30. The third-order valence-electron chi connectivity index (χ3n) is 7.32. The largest absolute Gasteiger partial charge is 0.481 e. The van der Waals surface area contributed by atoms with Crippen molar-refractivity contribution in [1.29, 1.82) is 0 Å². The van der Waals surface area contributed by atoms with E-state index in [1.807, 2.05) is 0 Å². The van der Waals surface area contributed by atoms with Crippen molar-refractivity contribution < 1.29 is 34.1 Å². The van der Waals surface area contributed by atoms with Crippen LogP contribution in [0.4, 0.5) is 11.4 Å². The molecule has 2 aromatic rings. The van der Waals surface area contributed by atoms with Gasteiger partial charge in [0.25, 0.3) is 0 Å². The van der Waals surface area contributed by atoms with E-state index in [-0.39, 0.29) is 11.8 Å². The van der Waals surface area contributed by atoms with Crippen LogP contribution in [0.5, 0.6) is 11.5 Å². The van der Waals surface area contributed by atoms with Crippen LogP contribution in [0, 0.1) is 23.7 Å². The van der Waals surface area contributed by atoms with Crippen molar-refractivity contribution in [3.05, 3.63) is 48.5 Å². The van der Waals surface area contributed by atoms with Gasteiger partial charge in [-0.1, -0.05) is 25.7 Å². The molecule has 2 aromatic carbocycles. The topological polar surface area (TPSA) is 142 Å². The van der Waals surface area contributed by atoms with E-state index in [2.05, 4.69) is 10.6 Å². The Morgan fingerprint density at radius 3 is 1.22 bits per heavy atom. The molecule has 2 aliphatic rings. The molecule has 0 heterocycles. The number of ether oxygens (including phenoxy) is 1. The summed E-state index contributed by atoms with van der Waals surface area (Å²) in [6.45, 7) is 0. The summed E-state index contributed by atoms with van der Waals surface area (Å²) in [6.07, 6.45) is 5.53. The number of hydrogen-bond donors (Lipinski definition) is 4. The van der Waals surface area contributed by atoms with Gasteiger partial charge in [0, 0.05) is 11.4 Å². The second-order valence-electron chi connectivity index (χ2n) is 9.80. The molecule has 0 bridgehead atoms. The third-order valence-corrected chi connectivity index (χ3v) is 7.32. The smallest absolute Gasteiger partial charge is 0.307 e. The van der Waals surface area contributed by atoms with E-state index in [1.165, 1.54) is 0 Å². The number of carbonyl (C=O) groups excluding carboxylic acids is 2. The molecule has 0 spiro atoms. The first kappa shape index (κ1) is 26.2. The minimum Gasteiger partial charge on any atom is -0.481 e. The summed E-state index contributed by atoms with van der Waals surface area (Å²) in [5, 5.41) is 24.5. The van der Waals surface area contributed by atoms with E-state index < -0.39 is 35.6 Å². The maximum absolute atomic E-state index is 12.7. The van der Waals surface area contributed by atoms with Crippen LogP contribution in [0.1, 0.15) is 51.4 Å². The molecule has 0 saturated heterocycles. The summed E-state index contributed by atoms with van der Waals surface area (Å²) in [6, 6.07) is 13.6. The van der Waals surface area contributed by atoms with Crippen molar-refractivity contribution in [3.8, 4) is 11.5 Å². The van der Waals surface area contributed by atoms with E-state index >= 15 is 0 Å². The molecular formula is C28H32N2O7. The monoisotopic (exact) mass is 508 g/mol. The van der Waals surface area contributed by atoms with Crippen LogP contribution in [0.25, 0.3) is 0 Å². The average Bonchev–Trinajstić information content (AvgIpc) is 2.90. The van der Waals surface area contributed by atoms with Gasteiger partial charge in [-0.3, -0.25) is 19.2 Å². The van der Waals surface area contributed by atoms with Gasteiger partial charge in [0.15, 0.2) is 0 Å². The van der Waals surface area contributed by atoms with Crippen molar-refractivity contribution in [2.24, 2.45) is 23.7 Å². The van der Waals surface area contributed by atoms with Gasteiger partial charge in [-0.25, -0.2) is 0 Å². The van der Waals surface area contributed by atoms with Crippen molar-refractivity contribution >= 4 is 35.1 Å². The molecule has 0 aliphatic heterocycles. The Morgan fingerprint density at radius 1 is 0.568 bits per heavy atom. The maximum Gasteiger partial charge on any atom is 0.307 e. The van der Waals surface area contributed by atoms with E-state index in [1.54, 1.807) is 48.5 Å². The first-order valence-corrected chi connectivity index (χ1v) is 12.8. The molecule has 2 fully saturated rings. The minimum atomic E-state index is -0.923. The summed E-state index contributed by atoms with van der Waals surface area (Å²) in [7, 11) is 0. The van der Waals surface area contributed by atoms with Gasteiger partial charge in [0.05, 0.1) is 23.7 Å². The van der Waals surface area contributed by atoms with E-state index in [4.69, 9.17) is 4.74 Å². The van der Waals surface area contributed by atoms with Gasteiger partial charge in [-0.2, -0.15) is 0 Å². The van der Waals surface area contributed by atoms with Crippen molar-refractivity contribution in [2.45, 2.75) is 51.4 Å². The molecule has 0 radical (unpaired) electrons. The van der Waals surface area contributed by atoms with Gasteiger partial charge in [0.1, 0.15) is 11.5 Å². The third kappa shape index (κ3) is 6.67. The molecule has 0 aromatic heterocycles. The van der Waals surface area contributed by atoms with Crippen molar-refractivity contribution in [3.63, 3.8) is 0 Å². The van der Waals surface area contributed by atoms with E-state index in [0.29, 0.717) is 48.6 Å². The first-order chi connectivity index (χ1) is 17.8. The summed E-state index contributed by atoms with van der Waals surface area (Å²) >= 11 is 0. The van der Waals surface area contributed by atoms with Crippen LogP contribution >= 0.6 is 0 Å². The molecule has 4 N–H and O–H groups in total. The highest BCUT2D eigenvalue weighted by atomic mass is 16.5. The van der Waals surface area contributed by atoms with Crippen LogP contribution in [0.2, 0.25) is 0 Å². The normalized spacial score (nSPS) is 23.5. The zero-order chi connectivity index (χ0) is 26.4. The predicted octanol–water partition coefficient (Wildman–Crippen LogP) is 5.14. The Balaban J connectivity index is 1.31. The first-order valence-electron chi connectivity index (χ1n) is 12.8. The molecule has 2 amide bonds. The number of benzene rings is 2. The van der Waals surface area contributed by atoms with E-state index in [0.717, 1.165) is 25.7 Å². The highest BCUT2D eigenvalue weighted by Crippen LogP contribution is 2.33. The molecule has 9 nitrogen and oxygen atoms in total. The number of amides is 2. The molecule has 9 heteroatoms.